The van der Waals surface area contributed by atoms with Crippen molar-refractivity contribution in [2.24, 2.45) is 10.9 Å². The van der Waals surface area contributed by atoms with Gasteiger partial charge in [0.25, 0.3) is 0 Å². The van der Waals surface area contributed by atoms with Gasteiger partial charge < -0.3 is 5.84 Å². The third-order valence-electron chi connectivity index (χ3n) is 8.15. The average Bonchev–Trinajstić information content (AvgIpc) is 3.28. The lowest BCUT2D eigenvalue weighted by molar-refractivity contribution is 0.343. The average molecular weight is 413 g/mol. The van der Waals surface area contributed by atoms with Crippen LogP contribution in [-0.4, -0.2) is 5.71 Å². The number of hydrogen-bond donors (Lipinski definition) is 1. The monoisotopic (exact) mass is 412 g/mol. The van der Waals surface area contributed by atoms with Gasteiger partial charge in [0.1, 0.15) is 0 Å². The maximum absolute atomic E-state index is 6.07. The Labute approximate surface area is 188 Å². The molecule has 2 heteroatoms. The maximum Gasteiger partial charge on any atom is 0.0400 e. The number of rotatable bonds is 0. The van der Waals surface area contributed by atoms with Crippen molar-refractivity contribution in [3.8, 4) is 22.3 Å². The minimum atomic E-state index is -0.131. The lowest BCUT2D eigenvalue weighted by Crippen LogP contribution is -2.45. The van der Waals surface area contributed by atoms with E-state index in [1.54, 1.807) is 0 Å². The standard InChI is InChI=1S/C30H24N2/c31-32-20-17-29(25-13-5-1-9-21(25)22-10-2-6-14-26(22)29)19-30(18-20)27-15-7-3-11-23(27)24-12-4-8-16-28(24)30/h1-16H,17-19,31H2. The third kappa shape index (κ3) is 2.07. The predicted octanol–water partition coefficient (Wildman–Crippen LogP) is 6.42. The van der Waals surface area contributed by atoms with Gasteiger partial charge in [0.2, 0.25) is 0 Å². The van der Waals surface area contributed by atoms with Gasteiger partial charge in [0.05, 0.1) is 0 Å². The summed E-state index contributed by atoms with van der Waals surface area (Å²) in [5.41, 5.74) is 12.0. The molecule has 0 heterocycles. The fraction of sp³-hybridized carbons (Fsp3) is 0.167. The second-order valence-electron chi connectivity index (χ2n) is 9.57. The van der Waals surface area contributed by atoms with Crippen molar-refractivity contribution in [3.63, 3.8) is 0 Å². The minimum Gasteiger partial charge on any atom is -0.323 e. The summed E-state index contributed by atoms with van der Waals surface area (Å²) in [6.07, 6.45) is 2.79. The molecule has 7 rings (SSSR count). The van der Waals surface area contributed by atoms with Gasteiger partial charge in [-0.2, -0.15) is 5.10 Å². The molecule has 0 radical (unpaired) electrons. The van der Waals surface area contributed by atoms with E-state index in [9.17, 15) is 0 Å². The summed E-state index contributed by atoms with van der Waals surface area (Å²) in [6, 6.07) is 35.8. The second-order valence-corrected chi connectivity index (χ2v) is 9.57. The Bertz CT molecular complexity index is 1230. The second kappa shape index (κ2) is 6.20. The molecular weight excluding hydrogens is 388 g/mol. The summed E-state index contributed by atoms with van der Waals surface area (Å²) in [6.45, 7) is 0. The molecule has 0 aromatic heterocycles. The van der Waals surface area contributed by atoms with Gasteiger partial charge in [-0.3, -0.25) is 0 Å². The molecule has 0 atom stereocenters. The van der Waals surface area contributed by atoms with E-state index in [0.717, 1.165) is 25.0 Å². The van der Waals surface area contributed by atoms with E-state index < -0.39 is 0 Å². The molecule has 1 saturated carbocycles. The molecule has 0 unspecified atom stereocenters. The van der Waals surface area contributed by atoms with Crippen LogP contribution in [0.1, 0.15) is 41.5 Å². The van der Waals surface area contributed by atoms with E-state index in [2.05, 4.69) is 102 Å². The molecular formula is C30H24N2. The largest absolute Gasteiger partial charge is 0.323 e. The molecule has 2 spiro atoms. The molecule has 154 valence electrons. The molecule has 3 aliphatic carbocycles. The fourth-order valence-electron chi connectivity index (χ4n) is 7.08. The predicted molar refractivity (Wildman–Crippen MR) is 131 cm³/mol. The molecule has 2 nitrogen and oxygen atoms in total. The smallest absolute Gasteiger partial charge is 0.0400 e. The normalized spacial score (nSPS) is 18.2. The molecule has 2 N–H and O–H groups in total. The Morgan fingerprint density at radius 3 is 1.12 bits per heavy atom. The van der Waals surface area contributed by atoms with Crippen molar-refractivity contribution in [3.05, 3.63) is 119 Å². The quantitative estimate of drug-likeness (QED) is 0.263. The van der Waals surface area contributed by atoms with Crippen LogP contribution in [0.5, 0.6) is 0 Å². The van der Waals surface area contributed by atoms with Crippen LogP contribution < -0.4 is 5.84 Å². The van der Waals surface area contributed by atoms with E-state index in [0.29, 0.717) is 0 Å². The zero-order chi connectivity index (χ0) is 21.3. The summed E-state index contributed by atoms with van der Waals surface area (Å²) >= 11 is 0. The van der Waals surface area contributed by atoms with Gasteiger partial charge >= 0.3 is 0 Å². The van der Waals surface area contributed by atoms with Crippen molar-refractivity contribution >= 4 is 5.71 Å². The van der Waals surface area contributed by atoms with E-state index in [1.807, 2.05) is 0 Å². The topological polar surface area (TPSA) is 38.4 Å². The molecule has 4 aromatic carbocycles. The molecule has 1 fully saturated rings. The van der Waals surface area contributed by atoms with Crippen LogP contribution in [0.4, 0.5) is 0 Å². The maximum atomic E-state index is 6.07. The number of nitrogens with two attached hydrogens (primary N) is 1. The van der Waals surface area contributed by atoms with Crippen LogP contribution in [0.15, 0.2) is 102 Å². The first-order valence-electron chi connectivity index (χ1n) is 11.4. The van der Waals surface area contributed by atoms with E-state index >= 15 is 0 Å². The highest BCUT2D eigenvalue weighted by molar-refractivity contribution is 5.96. The van der Waals surface area contributed by atoms with Gasteiger partial charge in [-0.25, -0.2) is 0 Å². The van der Waals surface area contributed by atoms with Crippen molar-refractivity contribution in [1.29, 1.82) is 0 Å². The van der Waals surface area contributed by atoms with E-state index in [1.165, 1.54) is 44.5 Å². The Kier molecular flexibility index (Phi) is 3.48. The van der Waals surface area contributed by atoms with Crippen LogP contribution in [0.2, 0.25) is 0 Å². The van der Waals surface area contributed by atoms with Crippen LogP contribution in [0.3, 0.4) is 0 Å². The lowest BCUT2D eigenvalue weighted by atomic mass is 9.55. The molecule has 0 saturated heterocycles. The highest BCUT2D eigenvalue weighted by Gasteiger charge is 2.56. The number of benzene rings is 4. The molecule has 0 bridgehead atoms. The Morgan fingerprint density at radius 1 is 0.500 bits per heavy atom. The Hall–Kier alpha value is -3.65. The summed E-state index contributed by atoms with van der Waals surface area (Å²) in [7, 11) is 0. The number of fused-ring (bicyclic) bond motifs is 10. The lowest BCUT2D eigenvalue weighted by Gasteiger charge is -2.47. The van der Waals surface area contributed by atoms with Gasteiger partial charge in [0, 0.05) is 29.4 Å². The summed E-state index contributed by atoms with van der Waals surface area (Å²) in [5, 5.41) is 4.39. The highest BCUT2D eigenvalue weighted by Crippen LogP contribution is 2.64. The van der Waals surface area contributed by atoms with Gasteiger partial charge in [-0.1, -0.05) is 97.1 Å². The summed E-state index contributed by atoms with van der Waals surface area (Å²) in [5.74, 6) is 6.07. The summed E-state index contributed by atoms with van der Waals surface area (Å²) in [4.78, 5) is 0. The van der Waals surface area contributed by atoms with E-state index in [4.69, 9.17) is 5.84 Å². The molecule has 0 amide bonds. The zero-order valence-electron chi connectivity index (χ0n) is 17.9. The number of nitrogens with zero attached hydrogens (tertiary/aromatic N) is 1. The first-order chi connectivity index (χ1) is 15.8. The third-order valence-corrected chi connectivity index (χ3v) is 8.15. The van der Waals surface area contributed by atoms with Gasteiger partial charge in [-0.15, -0.1) is 0 Å². The van der Waals surface area contributed by atoms with Crippen LogP contribution in [0.25, 0.3) is 22.3 Å². The van der Waals surface area contributed by atoms with Crippen molar-refractivity contribution < 1.29 is 0 Å². The van der Waals surface area contributed by atoms with Crippen molar-refractivity contribution in [1.82, 2.24) is 0 Å². The van der Waals surface area contributed by atoms with Crippen LogP contribution >= 0.6 is 0 Å². The molecule has 0 aliphatic heterocycles. The van der Waals surface area contributed by atoms with Crippen molar-refractivity contribution in [2.45, 2.75) is 30.1 Å². The fourth-order valence-corrected chi connectivity index (χ4v) is 7.08. The Morgan fingerprint density at radius 2 is 0.812 bits per heavy atom. The molecule has 4 aromatic rings. The first kappa shape index (κ1) is 18.0. The number of hydrogen-bond acceptors (Lipinski definition) is 2. The first-order valence-corrected chi connectivity index (χ1v) is 11.4. The zero-order valence-corrected chi connectivity index (χ0v) is 17.9. The molecule has 3 aliphatic rings. The summed E-state index contributed by atoms with van der Waals surface area (Å²) < 4.78 is 0. The SMILES string of the molecule is NN=C1CC2(CC3(C1)c1ccccc1-c1ccccc13)c1ccccc1-c1ccccc12. The van der Waals surface area contributed by atoms with Gasteiger partial charge in [-0.05, 0) is 50.9 Å². The minimum absolute atomic E-state index is 0.131. The van der Waals surface area contributed by atoms with Gasteiger partial charge in [0.15, 0.2) is 0 Å². The van der Waals surface area contributed by atoms with Crippen LogP contribution in [0, 0.1) is 0 Å². The highest BCUT2D eigenvalue weighted by atomic mass is 15.1. The Balaban J connectivity index is 1.57. The number of hydrazone groups is 1. The van der Waals surface area contributed by atoms with E-state index in [-0.39, 0.29) is 10.8 Å². The molecule has 32 heavy (non-hydrogen) atoms. The van der Waals surface area contributed by atoms with Crippen LogP contribution in [-0.2, 0) is 10.8 Å². The van der Waals surface area contributed by atoms with Crippen molar-refractivity contribution in [2.75, 3.05) is 0 Å².